The van der Waals surface area contributed by atoms with Crippen LogP contribution in [-0.2, 0) is 10.0 Å². The number of benzene rings is 2. The molecule has 2 aromatic carbocycles. The minimum Gasteiger partial charge on any atom is -0.490 e. The van der Waals surface area contributed by atoms with Gasteiger partial charge < -0.3 is 10.1 Å². The number of anilines is 1. The van der Waals surface area contributed by atoms with Gasteiger partial charge in [-0.25, -0.2) is 22.2 Å². The van der Waals surface area contributed by atoms with Crippen molar-refractivity contribution >= 4 is 26.7 Å². The van der Waals surface area contributed by atoms with E-state index in [1.165, 1.54) is 5.56 Å². The fraction of sp³-hybridized carbons (Fsp3) is 0.300. The molecule has 2 atom stereocenters. The lowest BCUT2D eigenvalue weighted by molar-refractivity contribution is 0.190. The molecule has 0 unspecified atom stereocenters. The predicted molar refractivity (Wildman–Crippen MR) is 113 cm³/mol. The Bertz CT molecular complexity index is 1130. The van der Waals surface area contributed by atoms with Crippen molar-refractivity contribution in [3.05, 3.63) is 66.0 Å². The number of hydrogen-bond acceptors (Lipinski definition) is 7. The number of nitrogens with one attached hydrogen (secondary N) is 2. The van der Waals surface area contributed by atoms with Crippen molar-refractivity contribution in [1.82, 2.24) is 14.7 Å². The molecule has 1 aromatic heterocycles. The van der Waals surface area contributed by atoms with Crippen molar-refractivity contribution in [3.63, 3.8) is 0 Å². The lowest BCUT2D eigenvalue weighted by Crippen LogP contribution is -2.38. The first-order chi connectivity index (χ1) is 14.9. The molecule has 0 radical (unpaired) electrons. The second-order valence-corrected chi connectivity index (χ2v) is 9.58. The van der Waals surface area contributed by atoms with Gasteiger partial charge in [0.25, 0.3) is 10.0 Å². The lowest BCUT2D eigenvalue weighted by Gasteiger charge is -2.32. The molecular formula is C20H20F2N4O3S2. The summed E-state index contributed by atoms with van der Waals surface area (Å²) < 4.78 is 65.2. The molecule has 0 amide bonds. The van der Waals surface area contributed by atoms with E-state index in [4.69, 9.17) is 4.74 Å². The molecule has 0 aliphatic carbocycles. The maximum Gasteiger partial charge on any atom is 0.266 e. The van der Waals surface area contributed by atoms with E-state index in [1.54, 1.807) is 0 Å². The van der Waals surface area contributed by atoms with Crippen LogP contribution in [0.5, 0.6) is 5.75 Å². The van der Waals surface area contributed by atoms with Crippen molar-refractivity contribution in [2.75, 3.05) is 24.4 Å². The van der Waals surface area contributed by atoms with E-state index in [2.05, 4.69) is 19.4 Å². The normalized spacial score (nSPS) is 19.2. The van der Waals surface area contributed by atoms with E-state index in [0.29, 0.717) is 12.6 Å². The van der Waals surface area contributed by atoms with Gasteiger partial charge >= 0.3 is 0 Å². The van der Waals surface area contributed by atoms with E-state index in [0.717, 1.165) is 36.9 Å². The van der Waals surface area contributed by atoms with Gasteiger partial charge in [0, 0.05) is 36.1 Å². The van der Waals surface area contributed by atoms with Gasteiger partial charge in [-0.3, -0.25) is 4.72 Å². The molecule has 31 heavy (non-hydrogen) atoms. The monoisotopic (exact) mass is 466 g/mol. The van der Waals surface area contributed by atoms with Crippen LogP contribution in [0, 0.1) is 17.6 Å². The zero-order valence-electron chi connectivity index (χ0n) is 16.3. The van der Waals surface area contributed by atoms with Gasteiger partial charge in [0.1, 0.15) is 17.0 Å². The highest BCUT2D eigenvalue weighted by atomic mass is 32.2. The molecule has 3 aromatic rings. The largest absolute Gasteiger partial charge is 0.490 e. The van der Waals surface area contributed by atoms with Gasteiger partial charge in [0.05, 0.1) is 6.61 Å². The number of sulfonamides is 1. The summed E-state index contributed by atoms with van der Waals surface area (Å²) in [7, 11) is -4.36. The summed E-state index contributed by atoms with van der Waals surface area (Å²) in [5, 5.41) is 3.26. The predicted octanol–water partition coefficient (Wildman–Crippen LogP) is 3.39. The summed E-state index contributed by atoms with van der Waals surface area (Å²) in [4.78, 5) is 2.86. The second kappa shape index (κ2) is 9.25. The minimum atomic E-state index is -4.36. The summed E-state index contributed by atoms with van der Waals surface area (Å²) in [6, 6.07) is 11.4. The molecule has 4 rings (SSSR count). The quantitative estimate of drug-likeness (QED) is 0.555. The molecule has 0 saturated carbocycles. The van der Waals surface area contributed by atoms with Crippen LogP contribution in [0.1, 0.15) is 17.9 Å². The molecule has 1 aliphatic heterocycles. The Hall–Kier alpha value is -2.63. The Balaban J connectivity index is 1.49. The molecule has 164 valence electrons. The molecule has 2 N–H and O–H groups in total. The fourth-order valence-electron chi connectivity index (χ4n) is 3.65. The lowest BCUT2D eigenvalue weighted by atomic mass is 9.81. The molecule has 1 fully saturated rings. The number of nitrogens with zero attached hydrogens (tertiary/aromatic N) is 2. The summed E-state index contributed by atoms with van der Waals surface area (Å²) in [5.41, 5.74) is 1.17. The molecule has 0 spiro atoms. The van der Waals surface area contributed by atoms with Crippen molar-refractivity contribution in [3.8, 4) is 5.75 Å². The van der Waals surface area contributed by atoms with Crippen LogP contribution in [0.4, 0.5) is 13.9 Å². The third kappa shape index (κ3) is 5.00. The Kier molecular flexibility index (Phi) is 6.44. The first kappa shape index (κ1) is 21.6. The van der Waals surface area contributed by atoms with E-state index >= 15 is 0 Å². The van der Waals surface area contributed by atoms with Crippen molar-refractivity contribution in [1.29, 1.82) is 0 Å². The van der Waals surface area contributed by atoms with Crippen LogP contribution in [0.2, 0.25) is 0 Å². The number of ether oxygens (including phenoxy) is 1. The van der Waals surface area contributed by atoms with Crippen molar-refractivity contribution < 1.29 is 21.9 Å². The summed E-state index contributed by atoms with van der Waals surface area (Å²) in [6.45, 7) is 1.72. The summed E-state index contributed by atoms with van der Waals surface area (Å²) >= 11 is 0.782. The van der Waals surface area contributed by atoms with Crippen LogP contribution >= 0.6 is 11.5 Å². The van der Waals surface area contributed by atoms with E-state index in [1.807, 2.05) is 30.3 Å². The van der Waals surface area contributed by atoms with Crippen LogP contribution < -0.4 is 14.8 Å². The average Bonchev–Trinajstić information content (AvgIpc) is 3.27. The number of halogens is 2. The first-order valence-corrected chi connectivity index (χ1v) is 11.9. The topological polar surface area (TPSA) is 93.2 Å². The van der Waals surface area contributed by atoms with Crippen molar-refractivity contribution in [2.24, 2.45) is 5.92 Å². The summed E-state index contributed by atoms with van der Waals surface area (Å²) in [6.07, 6.45) is 2.06. The van der Waals surface area contributed by atoms with Gasteiger partial charge in [-0.1, -0.05) is 30.3 Å². The SMILES string of the molecule is O=S(=O)(Nc1ncns1)c1cc(F)c(OC[C@@H]2CNCC[C@H]2c2ccccc2)cc1F. The first-order valence-electron chi connectivity index (χ1n) is 9.61. The van der Waals surface area contributed by atoms with E-state index in [-0.39, 0.29) is 29.3 Å². The number of hydrogen-bond donors (Lipinski definition) is 2. The zero-order valence-corrected chi connectivity index (χ0v) is 17.9. The molecule has 2 heterocycles. The number of aromatic nitrogens is 2. The second-order valence-electron chi connectivity index (χ2n) is 7.15. The maximum absolute atomic E-state index is 14.6. The molecule has 11 heteroatoms. The van der Waals surface area contributed by atoms with Gasteiger partial charge in [-0.2, -0.15) is 4.37 Å². The summed E-state index contributed by atoms with van der Waals surface area (Å²) in [5.74, 6) is -2.12. The Morgan fingerprint density at radius 1 is 1.19 bits per heavy atom. The Labute approximate surface area is 182 Å². The van der Waals surface area contributed by atoms with Crippen LogP contribution in [0.25, 0.3) is 0 Å². The number of piperidine rings is 1. The Morgan fingerprint density at radius 3 is 2.74 bits per heavy atom. The standard InChI is InChI=1S/C20H20F2N4O3S2/c21-16-9-19(31(27,28)26-20-24-12-25-30-20)17(22)8-18(16)29-11-14-10-23-7-6-15(14)13-4-2-1-3-5-13/h1-5,8-9,12,14-15,23H,6-7,10-11H2,(H,24,25,26)/t14-,15-/m0/s1. The highest BCUT2D eigenvalue weighted by Crippen LogP contribution is 2.32. The third-order valence-corrected chi connectivity index (χ3v) is 7.21. The van der Waals surface area contributed by atoms with Gasteiger partial charge in [0.15, 0.2) is 11.6 Å². The molecule has 1 saturated heterocycles. The molecule has 7 nitrogen and oxygen atoms in total. The number of rotatable bonds is 7. The fourth-order valence-corrected chi connectivity index (χ4v) is 5.38. The van der Waals surface area contributed by atoms with E-state index in [9.17, 15) is 17.2 Å². The highest BCUT2D eigenvalue weighted by molar-refractivity contribution is 7.93. The highest BCUT2D eigenvalue weighted by Gasteiger charge is 2.28. The van der Waals surface area contributed by atoms with Crippen LogP contribution in [0.15, 0.2) is 53.7 Å². The smallest absolute Gasteiger partial charge is 0.266 e. The van der Waals surface area contributed by atoms with E-state index < -0.39 is 26.6 Å². The van der Waals surface area contributed by atoms with Crippen LogP contribution in [-0.4, -0.2) is 37.5 Å². The molecule has 0 bridgehead atoms. The van der Waals surface area contributed by atoms with Gasteiger partial charge in [0.2, 0.25) is 5.13 Å². The minimum absolute atomic E-state index is 0.0445. The molecular weight excluding hydrogens is 446 g/mol. The Morgan fingerprint density at radius 2 is 2.00 bits per heavy atom. The average molecular weight is 467 g/mol. The maximum atomic E-state index is 14.6. The third-order valence-electron chi connectivity index (χ3n) is 5.15. The molecule has 1 aliphatic rings. The van der Waals surface area contributed by atoms with Crippen LogP contribution in [0.3, 0.4) is 0 Å². The zero-order chi connectivity index (χ0) is 21.8. The van der Waals surface area contributed by atoms with Gasteiger partial charge in [-0.15, -0.1) is 0 Å². The van der Waals surface area contributed by atoms with Gasteiger partial charge in [-0.05, 0) is 24.4 Å². The van der Waals surface area contributed by atoms with Crippen molar-refractivity contribution in [2.45, 2.75) is 17.2 Å².